The summed E-state index contributed by atoms with van der Waals surface area (Å²) in [5, 5.41) is 0. The first-order chi connectivity index (χ1) is 7.40. The lowest BCUT2D eigenvalue weighted by molar-refractivity contribution is 0.456. The van der Waals surface area contributed by atoms with Crippen molar-refractivity contribution in [2.24, 2.45) is 5.73 Å². The minimum atomic E-state index is 0.446. The standard InChI is InChI=1S/C11H11N3O/c12-7-9-3-1-2-4-10(9)15-11-5-6-13-8-14-11/h1-6,8H,7,12H2. The molecule has 0 unspecified atom stereocenters. The van der Waals surface area contributed by atoms with Crippen molar-refractivity contribution in [1.82, 2.24) is 9.97 Å². The maximum Gasteiger partial charge on any atom is 0.222 e. The third kappa shape index (κ3) is 2.30. The fourth-order valence-corrected chi connectivity index (χ4v) is 1.22. The largest absolute Gasteiger partial charge is 0.439 e. The van der Waals surface area contributed by atoms with Crippen molar-refractivity contribution >= 4 is 0 Å². The van der Waals surface area contributed by atoms with Gasteiger partial charge in [-0.2, -0.15) is 0 Å². The predicted octanol–water partition coefficient (Wildman–Crippen LogP) is 1.73. The van der Waals surface area contributed by atoms with Crippen molar-refractivity contribution in [3.05, 3.63) is 48.4 Å². The second-order valence-corrected chi connectivity index (χ2v) is 2.96. The topological polar surface area (TPSA) is 61.0 Å². The molecule has 15 heavy (non-hydrogen) atoms. The van der Waals surface area contributed by atoms with Crippen LogP contribution in [0.5, 0.6) is 11.6 Å². The van der Waals surface area contributed by atoms with Gasteiger partial charge in [0.25, 0.3) is 0 Å². The Labute approximate surface area is 87.7 Å². The zero-order valence-corrected chi connectivity index (χ0v) is 8.13. The number of benzene rings is 1. The third-order valence-corrected chi connectivity index (χ3v) is 1.96. The monoisotopic (exact) mass is 201 g/mol. The molecule has 2 N–H and O–H groups in total. The highest BCUT2D eigenvalue weighted by atomic mass is 16.5. The van der Waals surface area contributed by atoms with Crippen molar-refractivity contribution in [3.63, 3.8) is 0 Å². The Morgan fingerprint density at radius 1 is 1.20 bits per heavy atom. The number of aromatic nitrogens is 2. The van der Waals surface area contributed by atoms with Crippen LogP contribution in [0.1, 0.15) is 5.56 Å². The van der Waals surface area contributed by atoms with E-state index < -0.39 is 0 Å². The number of rotatable bonds is 3. The summed E-state index contributed by atoms with van der Waals surface area (Å²) in [5.74, 6) is 1.25. The summed E-state index contributed by atoms with van der Waals surface area (Å²) in [6, 6.07) is 9.32. The van der Waals surface area contributed by atoms with E-state index >= 15 is 0 Å². The summed E-state index contributed by atoms with van der Waals surface area (Å²) >= 11 is 0. The van der Waals surface area contributed by atoms with Gasteiger partial charge in [0.05, 0.1) is 0 Å². The Kier molecular flexibility index (Phi) is 2.90. The van der Waals surface area contributed by atoms with Crippen LogP contribution >= 0.6 is 0 Å². The first kappa shape index (κ1) is 9.61. The molecule has 0 amide bonds. The molecule has 1 aromatic carbocycles. The third-order valence-electron chi connectivity index (χ3n) is 1.96. The zero-order valence-electron chi connectivity index (χ0n) is 8.13. The lowest BCUT2D eigenvalue weighted by Gasteiger charge is -2.07. The van der Waals surface area contributed by atoms with E-state index in [4.69, 9.17) is 10.5 Å². The molecule has 2 aromatic rings. The van der Waals surface area contributed by atoms with Crippen LogP contribution in [-0.2, 0) is 6.54 Å². The molecule has 0 saturated carbocycles. The average Bonchev–Trinajstić information content (AvgIpc) is 2.31. The van der Waals surface area contributed by atoms with E-state index in [2.05, 4.69) is 9.97 Å². The molecule has 0 atom stereocenters. The van der Waals surface area contributed by atoms with Crippen LogP contribution in [0.2, 0.25) is 0 Å². The molecule has 0 bridgehead atoms. The second kappa shape index (κ2) is 4.52. The van der Waals surface area contributed by atoms with Gasteiger partial charge in [-0.15, -0.1) is 0 Å². The highest BCUT2D eigenvalue weighted by Crippen LogP contribution is 2.22. The van der Waals surface area contributed by atoms with Gasteiger partial charge in [-0.3, -0.25) is 0 Å². The maximum absolute atomic E-state index is 5.59. The van der Waals surface area contributed by atoms with Crippen molar-refractivity contribution in [2.45, 2.75) is 6.54 Å². The minimum absolute atomic E-state index is 0.446. The van der Waals surface area contributed by atoms with Crippen LogP contribution in [0.15, 0.2) is 42.9 Å². The molecule has 1 aromatic heterocycles. The van der Waals surface area contributed by atoms with Gasteiger partial charge in [-0.1, -0.05) is 18.2 Å². The van der Waals surface area contributed by atoms with E-state index in [0.29, 0.717) is 12.4 Å². The van der Waals surface area contributed by atoms with Crippen LogP contribution in [-0.4, -0.2) is 9.97 Å². The van der Waals surface area contributed by atoms with Gasteiger partial charge in [0.2, 0.25) is 5.88 Å². The van der Waals surface area contributed by atoms with Gasteiger partial charge >= 0.3 is 0 Å². The van der Waals surface area contributed by atoms with E-state index in [-0.39, 0.29) is 0 Å². The molecule has 0 spiro atoms. The number of nitrogens with two attached hydrogens (primary N) is 1. The van der Waals surface area contributed by atoms with E-state index in [1.807, 2.05) is 24.3 Å². The van der Waals surface area contributed by atoms with Gasteiger partial charge in [0.15, 0.2) is 0 Å². The smallest absolute Gasteiger partial charge is 0.222 e. The second-order valence-electron chi connectivity index (χ2n) is 2.96. The Morgan fingerprint density at radius 3 is 2.80 bits per heavy atom. The molecule has 0 aliphatic carbocycles. The number of hydrogen-bond acceptors (Lipinski definition) is 4. The molecule has 4 nitrogen and oxygen atoms in total. The van der Waals surface area contributed by atoms with Gasteiger partial charge in [0, 0.05) is 24.4 Å². The maximum atomic E-state index is 5.59. The predicted molar refractivity (Wildman–Crippen MR) is 56.4 cm³/mol. The fourth-order valence-electron chi connectivity index (χ4n) is 1.22. The normalized spacial score (nSPS) is 9.93. The molecule has 76 valence electrons. The van der Waals surface area contributed by atoms with Crippen LogP contribution in [0.3, 0.4) is 0 Å². The lowest BCUT2D eigenvalue weighted by atomic mass is 10.2. The van der Waals surface area contributed by atoms with Crippen LogP contribution in [0.4, 0.5) is 0 Å². The number of ether oxygens (including phenoxy) is 1. The van der Waals surface area contributed by atoms with Gasteiger partial charge in [-0.25, -0.2) is 9.97 Å². The van der Waals surface area contributed by atoms with E-state index in [0.717, 1.165) is 11.3 Å². The summed E-state index contributed by atoms with van der Waals surface area (Å²) in [4.78, 5) is 7.79. The molecule has 4 heteroatoms. The molecule has 0 aliphatic rings. The summed E-state index contributed by atoms with van der Waals surface area (Å²) in [7, 11) is 0. The molecule has 0 saturated heterocycles. The molecule has 0 fully saturated rings. The van der Waals surface area contributed by atoms with Gasteiger partial charge < -0.3 is 10.5 Å². The quantitative estimate of drug-likeness (QED) is 0.821. The van der Waals surface area contributed by atoms with Crippen molar-refractivity contribution in [2.75, 3.05) is 0 Å². The average molecular weight is 201 g/mol. The Morgan fingerprint density at radius 2 is 2.07 bits per heavy atom. The Hall–Kier alpha value is -1.94. The van der Waals surface area contributed by atoms with Crippen LogP contribution < -0.4 is 10.5 Å². The zero-order chi connectivity index (χ0) is 10.5. The molecule has 2 rings (SSSR count). The molecule has 0 aliphatic heterocycles. The van der Waals surface area contributed by atoms with E-state index in [1.165, 1.54) is 6.33 Å². The fraction of sp³-hybridized carbons (Fsp3) is 0.0909. The number of hydrogen-bond donors (Lipinski definition) is 1. The summed E-state index contributed by atoms with van der Waals surface area (Å²) in [6.07, 6.45) is 3.08. The molecule has 1 heterocycles. The Balaban J connectivity index is 2.24. The van der Waals surface area contributed by atoms with Gasteiger partial charge in [-0.05, 0) is 6.07 Å². The highest BCUT2D eigenvalue weighted by molar-refractivity contribution is 5.35. The van der Waals surface area contributed by atoms with Crippen LogP contribution in [0, 0.1) is 0 Å². The lowest BCUT2D eigenvalue weighted by Crippen LogP contribution is -1.99. The van der Waals surface area contributed by atoms with Crippen molar-refractivity contribution in [3.8, 4) is 11.6 Å². The first-order valence-corrected chi connectivity index (χ1v) is 4.62. The first-order valence-electron chi connectivity index (χ1n) is 4.62. The highest BCUT2D eigenvalue weighted by Gasteiger charge is 2.02. The molecular formula is C11H11N3O. The number of nitrogens with zero attached hydrogens (tertiary/aromatic N) is 2. The van der Waals surface area contributed by atoms with Crippen molar-refractivity contribution < 1.29 is 4.74 Å². The minimum Gasteiger partial charge on any atom is -0.439 e. The number of para-hydroxylation sites is 1. The Bertz CT molecular complexity index is 431. The molecular weight excluding hydrogens is 190 g/mol. The van der Waals surface area contributed by atoms with Crippen molar-refractivity contribution in [1.29, 1.82) is 0 Å². The van der Waals surface area contributed by atoms with E-state index in [9.17, 15) is 0 Å². The summed E-state index contributed by atoms with van der Waals surface area (Å²) in [5.41, 5.74) is 6.55. The summed E-state index contributed by atoms with van der Waals surface area (Å²) in [6.45, 7) is 0.446. The van der Waals surface area contributed by atoms with E-state index in [1.54, 1.807) is 12.3 Å². The van der Waals surface area contributed by atoms with Crippen LogP contribution in [0.25, 0.3) is 0 Å². The van der Waals surface area contributed by atoms with Gasteiger partial charge in [0.1, 0.15) is 12.1 Å². The SMILES string of the molecule is NCc1ccccc1Oc1ccncn1. The molecule has 0 radical (unpaired) electrons. The summed E-state index contributed by atoms with van der Waals surface area (Å²) < 4.78 is 5.57.